The molecule has 0 aromatic heterocycles. The van der Waals surface area contributed by atoms with Crippen LogP contribution in [0.15, 0.2) is 133 Å². The third-order valence-electron chi connectivity index (χ3n) is 20.8. The Morgan fingerprint density at radius 1 is 0.375 bits per heavy atom. The summed E-state index contributed by atoms with van der Waals surface area (Å²) >= 11 is 0. The average Bonchev–Trinajstić information content (AvgIpc) is 3.79. The summed E-state index contributed by atoms with van der Waals surface area (Å²) in [7, 11) is 0. The van der Waals surface area contributed by atoms with Gasteiger partial charge in [0, 0.05) is 50.8 Å². The van der Waals surface area contributed by atoms with Crippen molar-refractivity contribution in [3.63, 3.8) is 0 Å². The zero-order chi connectivity index (χ0) is 57.1. The van der Waals surface area contributed by atoms with Gasteiger partial charge in [-0.1, -0.05) is 222 Å². The molecule has 0 N–H and O–H groups in total. The van der Waals surface area contributed by atoms with Crippen LogP contribution < -0.4 is 31.1 Å². The number of hydrogen-bond donors (Lipinski definition) is 0. The van der Waals surface area contributed by atoms with Gasteiger partial charge in [0.1, 0.15) is 0 Å². The molecule has 4 heteroatoms. The fourth-order valence-electron chi connectivity index (χ4n) is 15.3. The number of nitrogens with zero attached hydrogens (tertiary/aromatic N) is 3. The predicted octanol–water partition coefficient (Wildman–Crippen LogP) is 19.5. The molecule has 2 aliphatic carbocycles. The van der Waals surface area contributed by atoms with E-state index in [0.717, 1.165) is 19.3 Å². The number of fused-ring (bicyclic) bond motifs is 8. The van der Waals surface area contributed by atoms with Gasteiger partial charge in [-0.2, -0.15) is 0 Å². The Labute approximate surface area is 483 Å². The van der Waals surface area contributed by atoms with Crippen LogP contribution in [0.1, 0.15) is 215 Å². The Bertz CT molecular complexity index is 3590. The van der Waals surface area contributed by atoms with Crippen LogP contribution in [-0.4, -0.2) is 12.3 Å². The van der Waals surface area contributed by atoms with Crippen LogP contribution >= 0.6 is 0 Å². The van der Waals surface area contributed by atoms with E-state index in [4.69, 9.17) is 0 Å². The lowest BCUT2D eigenvalue weighted by atomic mass is 9.33. The van der Waals surface area contributed by atoms with Gasteiger partial charge in [-0.3, -0.25) is 0 Å². The third kappa shape index (κ3) is 8.55. The minimum absolute atomic E-state index is 0.000488. The van der Waals surface area contributed by atoms with E-state index in [1.54, 1.807) is 0 Å². The molecule has 3 heterocycles. The molecular formula is C76H92BN3. The average molecular weight is 1060 g/mol. The maximum Gasteiger partial charge on any atom is 0.252 e. The van der Waals surface area contributed by atoms with E-state index in [2.05, 4.69) is 273 Å². The van der Waals surface area contributed by atoms with E-state index in [-0.39, 0.29) is 50.2 Å². The highest BCUT2D eigenvalue weighted by Gasteiger charge is 2.57. The van der Waals surface area contributed by atoms with Crippen molar-refractivity contribution in [2.24, 2.45) is 0 Å². The molecule has 80 heavy (non-hydrogen) atoms. The third-order valence-corrected chi connectivity index (χ3v) is 20.8. The first kappa shape index (κ1) is 54.6. The summed E-state index contributed by atoms with van der Waals surface area (Å²) in [5.74, 6) is 0. The van der Waals surface area contributed by atoms with Gasteiger partial charge in [0.2, 0.25) is 0 Å². The minimum atomic E-state index is -0.185. The molecule has 0 saturated heterocycles. The summed E-state index contributed by atoms with van der Waals surface area (Å²) in [5, 5.41) is 0. The Kier molecular flexibility index (Phi) is 12.5. The maximum atomic E-state index is 2.89. The SMILES string of the molecule is CC(C)(C)c1ccc(N2c3ccc(C(C)(C)C)cc3B3c4cc5c(cc4N(c4ccc(C(C)(C)C)cc4-c4ccccc4)c4cc(N6c7ccc(C(C)(C)C)cc7C7(C)CCCCCCC67C)cc2c43)C(C)(C)CCC5(C)C)cc1. The van der Waals surface area contributed by atoms with Gasteiger partial charge in [0.15, 0.2) is 0 Å². The zero-order valence-electron chi connectivity index (χ0n) is 52.3. The van der Waals surface area contributed by atoms with Crippen molar-refractivity contribution in [1.29, 1.82) is 0 Å². The van der Waals surface area contributed by atoms with Crippen LogP contribution in [0.3, 0.4) is 0 Å². The number of benzene rings is 7. The first-order valence-corrected chi connectivity index (χ1v) is 30.8. The van der Waals surface area contributed by atoms with Gasteiger partial charge in [-0.05, 0) is 181 Å². The number of anilines is 8. The molecule has 0 spiro atoms. The second-order valence-corrected chi connectivity index (χ2v) is 31.2. The minimum Gasteiger partial charge on any atom is -0.334 e. The number of rotatable bonds is 4. The highest BCUT2D eigenvalue weighted by Crippen LogP contribution is 2.62. The van der Waals surface area contributed by atoms with E-state index in [1.807, 2.05) is 0 Å². The van der Waals surface area contributed by atoms with Crippen LogP contribution in [-0.2, 0) is 37.9 Å². The zero-order valence-corrected chi connectivity index (χ0v) is 52.3. The van der Waals surface area contributed by atoms with Crippen molar-refractivity contribution in [2.45, 2.75) is 219 Å². The van der Waals surface area contributed by atoms with Crippen molar-refractivity contribution in [3.05, 3.63) is 172 Å². The first-order chi connectivity index (χ1) is 37.4. The lowest BCUT2D eigenvalue weighted by Gasteiger charge is -2.50. The summed E-state index contributed by atoms with van der Waals surface area (Å²) in [6.45, 7) is 43.7. The van der Waals surface area contributed by atoms with E-state index < -0.39 is 0 Å². The van der Waals surface area contributed by atoms with Gasteiger partial charge in [0.25, 0.3) is 6.71 Å². The Hall–Kier alpha value is -6.00. The van der Waals surface area contributed by atoms with Gasteiger partial charge in [-0.25, -0.2) is 0 Å². The van der Waals surface area contributed by atoms with Crippen molar-refractivity contribution in [2.75, 3.05) is 14.7 Å². The summed E-state index contributed by atoms with van der Waals surface area (Å²) in [6, 6.07) is 54.3. The highest BCUT2D eigenvalue weighted by molar-refractivity contribution is 7.00. The molecule has 1 fully saturated rings. The van der Waals surface area contributed by atoms with Crippen LogP contribution in [0.4, 0.5) is 45.5 Å². The maximum absolute atomic E-state index is 2.89. The van der Waals surface area contributed by atoms with Crippen LogP contribution in [0.25, 0.3) is 11.1 Å². The van der Waals surface area contributed by atoms with Gasteiger partial charge in [-0.15, -0.1) is 0 Å². The van der Waals surface area contributed by atoms with Gasteiger partial charge < -0.3 is 14.7 Å². The van der Waals surface area contributed by atoms with E-state index >= 15 is 0 Å². The monoisotopic (exact) mass is 1060 g/mol. The smallest absolute Gasteiger partial charge is 0.252 e. The Morgan fingerprint density at radius 2 is 0.875 bits per heavy atom. The fraction of sp³-hybridized carbons (Fsp3) is 0.447. The summed E-state index contributed by atoms with van der Waals surface area (Å²) in [6.07, 6.45) is 9.66. The molecule has 5 aliphatic rings. The molecule has 2 atom stereocenters. The lowest BCUT2D eigenvalue weighted by Crippen LogP contribution is -2.62. The first-order valence-electron chi connectivity index (χ1n) is 30.8. The summed E-state index contributed by atoms with van der Waals surface area (Å²) in [4.78, 5) is 8.35. The quantitative estimate of drug-likeness (QED) is 0.163. The van der Waals surface area contributed by atoms with E-state index in [0.29, 0.717) is 0 Å². The van der Waals surface area contributed by atoms with Gasteiger partial charge in [0.05, 0.1) is 11.2 Å². The van der Waals surface area contributed by atoms with Crippen LogP contribution in [0.5, 0.6) is 0 Å². The molecule has 3 aliphatic heterocycles. The van der Waals surface area contributed by atoms with Crippen LogP contribution in [0, 0.1) is 0 Å². The molecule has 0 bridgehead atoms. The second-order valence-electron chi connectivity index (χ2n) is 31.2. The van der Waals surface area contributed by atoms with E-state index in [1.165, 1.54) is 144 Å². The molecule has 0 radical (unpaired) electrons. The lowest BCUT2D eigenvalue weighted by molar-refractivity contribution is 0.217. The highest BCUT2D eigenvalue weighted by atomic mass is 15.3. The van der Waals surface area contributed by atoms with E-state index in [9.17, 15) is 0 Å². The van der Waals surface area contributed by atoms with Crippen molar-refractivity contribution in [1.82, 2.24) is 0 Å². The Balaban J connectivity index is 1.26. The van der Waals surface area contributed by atoms with Crippen molar-refractivity contribution >= 4 is 68.6 Å². The topological polar surface area (TPSA) is 9.72 Å². The molecule has 1 saturated carbocycles. The summed E-state index contributed by atoms with van der Waals surface area (Å²) in [5.41, 5.74) is 26.6. The fourth-order valence-corrected chi connectivity index (χ4v) is 15.3. The molecule has 414 valence electrons. The second kappa shape index (κ2) is 18.3. The Morgan fingerprint density at radius 3 is 1.48 bits per heavy atom. The number of hydrogen-bond acceptors (Lipinski definition) is 3. The normalized spacial score (nSPS) is 21.2. The standard InChI is InChI=1S/C76H92BN3/c1-69(2,3)50-28-33-54(34-29-50)78-64-37-32-53(72(10,11)12)44-60(64)77-61-47-57-58(74(15,16)41-40-73(57,13)14)48-65(61)79(62-35-30-51(70(4,5)6)42-56(62)49-26-22-21-23-27-49)67-46-55(45-66(78)68(67)77)80-63-36-31-52(71(7,8)9)43-59(63)75(17)38-24-19-20-25-39-76(75,80)18/h21-23,26-37,42-48H,19-20,24-25,38-41H2,1-18H3. The molecule has 0 amide bonds. The van der Waals surface area contributed by atoms with Crippen molar-refractivity contribution in [3.8, 4) is 11.1 Å². The molecule has 7 aromatic rings. The predicted molar refractivity (Wildman–Crippen MR) is 348 cm³/mol. The molecule has 3 nitrogen and oxygen atoms in total. The largest absolute Gasteiger partial charge is 0.334 e. The van der Waals surface area contributed by atoms with Crippen LogP contribution in [0.2, 0.25) is 0 Å². The molecule has 2 unspecified atom stereocenters. The summed E-state index contributed by atoms with van der Waals surface area (Å²) < 4.78 is 0. The molecule has 12 rings (SSSR count). The molecule has 7 aromatic carbocycles. The molecular weight excluding hydrogens is 966 g/mol. The van der Waals surface area contributed by atoms with Gasteiger partial charge >= 0.3 is 0 Å². The van der Waals surface area contributed by atoms with Crippen molar-refractivity contribution < 1.29 is 0 Å².